The number of methoxy groups -OCH3 is 1. The van der Waals surface area contributed by atoms with E-state index in [9.17, 15) is 0 Å². The Morgan fingerprint density at radius 1 is 1.08 bits per heavy atom. The molecule has 0 amide bonds. The van der Waals surface area contributed by atoms with Gasteiger partial charge in [0.15, 0.2) is 0 Å². The van der Waals surface area contributed by atoms with Crippen molar-refractivity contribution in [2.75, 3.05) is 7.11 Å². The SMILES string of the molecule is CCC1CCCC(C)N1C(CC)c1ccc2cc(OC)ccc2c1. The number of rotatable bonds is 5. The summed E-state index contributed by atoms with van der Waals surface area (Å²) in [7, 11) is 1.73. The number of hydrogen-bond donors (Lipinski definition) is 0. The van der Waals surface area contributed by atoms with Crippen molar-refractivity contribution >= 4 is 10.8 Å². The minimum absolute atomic E-state index is 0.525. The molecule has 24 heavy (non-hydrogen) atoms. The molecule has 1 saturated heterocycles. The van der Waals surface area contributed by atoms with Crippen LogP contribution >= 0.6 is 0 Å². The van der Waals surface area contributed by atoms with E-state index in [1.54, 1.807) is 7.11 Å². The summed E-state index contributed by atoms with van der Waals surface area (Å²) in [5, 5.41) is 2.57. The van der Waals surface area contributed by atoms with Gasteiger partial charge in [-0.25, -0.2) is 0 Å². The maximum atomic E-state index is 5.35. The Bertz CT molecular complexity index is 681. The molecular formula is C22H31NO. The zero-order valence-corrected chi connectivity index (χ0v) is 15.6. The Balaban J connectivity index is 1.96. The van der Waals surface area contributed by atoms with Gasteiger partial charge in [-0.1, -0.05) is 38.5 Å². The standard InChI is InChI=1S/C22H31NO/c1-5-20-9-7-8-16(3)23(20)22(6-2)19-11-10-18-15-21(24-4)13-12-17(18)14-19/h10-16,20,22H,5-9H2,1-4H3. The topological polar surface area (TPSA) is 12.5 Å². The van der Waals surface area contributed by atoms with Gasteiger partial charge in [0.05, 0.1) is 7.11 Å². The van der Waals surface area contributed by atoms with Crippen LogP contribution in [-0.2, 0) is 0 Å². The molecule has 2 heteroatoms. The predicted octanol–water partition coefficient (Wildman–Crippen LogP) is 5.95. The van der Waals surface area contributed by atoms with Crippen LogP contribution in [0.5, 0.6) is 5.75 Å². The monoisotopic (exact) mass is 325 g/mol. The fourth-order valence-corrected chi connectivity index (χ4v) is 4.48. The van der Waals surface area contributed by atoms with Gasteiger partial charge in [-0.3, -0.25) is 4.90 Å². The summed E-state index contributed by atoms with van der Waals surface area (Å²) in [6.07, 6.45) is 6.48. The number of benzene rings is 2. The molecule has 2 aromatic carbocycles. The Morgan fingerprint density at radius 3 is 2.54 bits per heavy atom. The molecule has 0 saturated carbocycles. The zero-order valence-electron chi connectivity index (χ0n) is 15.6. The van der Waals surface area contributed by atoms with Gasteiger partial charge >= 0.3 is 0 Å². The van der Waals surface area contributed by atoms with Crippen molar-refractivity contribution in [3.63, 3.8) is 0 Å². The molecule has 0 spiro atoms. The lowest BCUT2D eigenvalue weighted by Crippen LogP contribution is -2.46. The van der Waals surface area contributed by atoms with Gasteiger partial charge in [-0.15, -0.1) is 0 Å². The highest BCUT2D eigenvalue weighted by Gasteiger charge is 2.32. The van der Waals surface area contributed by atoms with Crippen LogP contribution in [-0.4, -0.2) is 24.1 Å². The molecule has 0 aliphatic carbocycles. The van der Waals surface area contributed by atoms with Gasteiger partial charge < -0.3 is 4.74 Å². The van der Waals surface area contributed by atoms with Crippen LogP contribution < -0.4 is 4.74 Å². The van der Waals surface area contributed by atoms with Gasteiger partial charge in [-0.2, -0.15) is 0 Å². The average molecular weight is 325 g/mol. The second-order valence-corrected chi connectivity index (χ2v) is 7.19. The second kappa shape index (κ2) is 7.57. The molecule has 0 N–H and O–H groups in total. The summed E-state index contributed by atoms with van der Waals surface area (Å²) in [6, 6.07) is 15.3. The van der Waals surface area contributed by atoms with E-state index in [0.717, 1.165) is 11.8 Å². The normalized spacial score (nSPS) is 23.3. The van der Waals surface area contributed by atoms with E-state index < -0.39 is 0 Å². The number of ether oxygens (including phenoxy) is 1. The van der Waals surface area contributed by atoms with Gasteiger partial charge in [-0.05, 0) is 67.1 Å². The fourth-order valence-electron chi connectivity index (χ4n) is 4.48. The van der Waals surface area contributed by atoms with Gasteiger partial charge in [0.25, 0.3) is 0 Å². The number of likely N-dealkylation sites (tertiary alicyclic amines) is 1. The highest BCUT2D eigenvalue weighted by molar-refractivity contribution is 5.84. The molecule has 3 rings (SSSR count). The van der Waals surface area contributed by atoms with Crippen LogP contribution in [0.1, 0.15) is 64.5 Å². The summed E-state index contributed by atoms with van der Waals surface area (Å²) in [4.78, 5) is 2.80. The van der Waals surface area contributed by atoms with E-state index in [0.29, 0.717) is 12.1 Å². The molecule has 1 fully saturated rings. The first kappa shape index (κ1) is 17.3. The van der Waals surface area contributed by atoms with Crippen molar-refractivity contribution < 1.29 is 4.74 Å². The van der Waals surface area contributed by atoms with Crippen molar-refractivity contribution in [2.24, 2.45) is 0 Å². The molecule has 1 aliphatic rings. The summed E-state index contributed by atoms with van der Waals surface area (Å²) in [5.41, 5.74) is 1.46. The Kier molecular flexibility index (Phi) is 5.45. The van der Waals surface area contributed by atoms with E-state index in [1.165, 1.54) is 48.4 Å². The molecule has 3 atom stereocenters. The van der Waals surface area contributed by atoms with E-state index in [1.807, 2.05) is 0 Å². The van der Waals surface area contributed by atoms with Crippen LogP contribution in [0.15, 0.2) is 36.4 Å². The Labute approximate surface area is 146 Å². The third-order valence-electron chi connectivity index (χ3n) is 5.76. The first-order valence-corrected chi connectivity index (χ1v) is 9.53. The Hall–Kier alpha value is -1.54. The van der Waals surface area contributed by atoms with Crippen molar-refractivity contribution in [1.82, 2.24) is 4.90 Å². The maximum Gasteiger partial charge on any atom is 0.119 e. The molecule has 3 unspecified atom stereocenters. The molecule has 2 nitrogen and oxygen atoms in total. The van der Waals surface area contributed by atoms with Gasteiger partial charge in [0, 0.05) is 18.1 Å². The summed E-state index contributed by atoms with van der Waals surface area (Å²) < 4.78 is 5.35. The molecular weight excluding hydrogens is 294 g/mol. The van der Waals surface area contributed by atoms with Crippen molar-refractivity contribution in [3.8, 4) is 5.75 Å². The van der Waals surface area contributed by atoms with E-state index in [-0.39, 0.29) is 0 Å². The number of hydrogen-bond acceptors (Lipinski definition) is 2. The third-order valence-corrected chi connectivity index (χ3v) is 5.76. The quantitative estimate of drug-likeness (QED) is 0.673. The largest absolute Gasteiger partial charge is 0.497 e. The second-order valence-electron chi connectivity index (χ2n) is 7.19. The summed E-state index contributed by atoms with van der Waals surface area (Å²) >= 11 is 0. The van der Waals surface area contributed by atoms with Crippen LogP contribution in [0.4, 0.5) is 0 Å². The Morgan fingerprint density at radius 2 is 1.83 bits per heavy atom. The molecule has 1 aliphatic heterocycles. The molecule has 130 valence electrons. The van der Waals surface area contributed by atoms with Crippen LogP contribution in [0, 0.1) is 0 Å². The first-order valence-electron chi connectivity index (χ1n) is 9.53. The van der Waals surface area contributed by atoms with Crippen molar-refractivity contribution in [3.05, 3.63) is 42.0 Å². The van der Waals surface area contributed by atoms with Gasteiger partial charge in [0.1, 0.15) is 5.75 Å². The average Bonchev–Trinajstić information content (AvgIpc) is 2.63. The minimum Gasteiger partial charge on any atom is -0.497 e. The fraction of sp³-hybridized carbons (Fsp3) is 0.545. The number of fused-ring (bicyclic) bond motifs is 1. The maximum absolute atomic E-state index is 5.35. The molecule has 0 bridgehead atoms. The highest BCUT2D eigenvalue weighted by Crippen LogP contribution is 2.36. The number of piperidine rings is 1. The summed E-state index contributed by atoms with van der Waals surface area (Å²) in [5.74, 6) is 0.929. The minimum atomic E-state index is 0.525. The lowest BCUT2D eigenvalue weighted by atomic mass is 9.89. The van der Waals surface area contributed by atoms with Gasteiger partial charge in [0.2, 0.25) is 0 Å². The predicted molar refractivity (Wildman–Crippen MR) is 103 cm³/mol. The zero-order chi connectivity index (χ0) is 17.1. The smallest absolute Gasteiger partial charge is 0.119 e. The van der Waals surface area contributed by atoms with Crippen LogP contribution in [0.25, 0.3) is 10.8 Å². The molecule has 0 aromatic heterocycles. The first-order chi connectivity index (χ1) is 11.7. The van der Waals surface area contributed by atoms with Crippen molar-refractivity contribution in [2.45, 2.75) is 71.0 Å². The highest BCUT2D eigenvalue weighted by atomic mass is 16.5. The number of nitrogens with zero attached hydrogens (tertiary/aromatic N) is 1. The molecule has 0 radical (unpaired) electrons. The van der Waals surface area contributed by atoms with E-state index >= 15 is 0 Å². The van der Waals surface area contributed by atoms with E-state index in [2.05, 4.69) is 62.1 Å². The summed E-state index contributed by atoms with van der Waals surface area (Å²) in [6.45, 7) is 7.09. The van der Waals surface area contributed by atoms with E-state index in [4.69, 9.17) is 4.74 Å². The lowest BCUT2D eigenvalue weighted by Gasteiger charge is -2.45. The van der Waals surface area contributed by atoms with Crippen LogP contribution in [0.3, 0.4) is 0 Å². The lowest BCUT2D eigenvalue weighted by molar-refractivity contribution is 0.0411. The molecule has 1 heterocycles. The third kappa shape index (κ3) is 3.30. The van der Waals surface area contributed by atoms with Crippen LogP contribution in [0.2, 0.25) is 0 Å². The van der Waals surface area contributed by atoms with Crippen molar-refractivity contribution in [1.29, 1.82) is 0 Å². The molecule has 2 aromatic rings.